The highest BCUT2D eigenvalue weighted by molar-refractivity contribution is 5.70. The number of hydrogen-bond donors (Lipinski definition) is 2. The minimum absolute atomic E-state index is 0.108. The summed E-state index contributed by atoms with van der Waals surface area (Å²) >= 11 is 0. The third-order valence-corrected chi connectivity index (χ3v) is 2.70. The van der Waals surface area contributed by atoms with Crippen LogP contribution in [0.1, 0.15) is 32.8 Å². The molecule has 1 aromatic rings. The third kappa shape index (κ3) is 6.89. The van der Waals surface area contributed by atoms with Crippen molar-refractivity contribution < 1.29 is 29.2 Å². The molecule has 0 bridgehead atoms. The largest absolute Gasteiger partial charge is 0.497 e. The molecule has 0 aliphatic rings. The van der Waals surface area contributed by atoms with Gasteiger partial charge in [-0.25, -0.2) is 0 Å². The van der Waals surface area contributed by atoms with Gasteiger partial charge in [-0.3, -0.25) is 4.79 Å². The summed E-state index contributed by atoms with van der Waals surface area (Å²) in [6.45, 7) is 5.30. The number of ether oxygens (including phenoxy) is 3. The molecule has 6 heteroatoms. The van der Waals surface area contributed by atoms with E-state index in [9.17, 15) is 15.0 Å². The van der Waals surface area contributed by atoms with Gasteiger partial charge < -0.3 is 24.4 Å². The van der Waals surface area contributed by atoms with Crippen LogP contribution < -0.4 is 4.74 Å². The quantitative estimate of drug-likeness (QED) is 0.588. The SMILES string of the molecule is COc1ccc(COC(O)[C@@H](O)CC(=O)OC(C)(C)C)cc1. The number of benzene rings is 1. The Bertz CT molecular complexity index is 463. The lowest BCUT2D eigenvalue weighted by molar-refractivity contribution is -0.183. The molecule has 6 nitrogen and oxygen atoms in total. The molecule has 1 rings (SSSR count). The first-order valence-corrected chi connectivity index (χ1v) is 7.04. The van der Waals surface area contributed by atoms with E-state index >= 15 is 0 Å². The summed E-state index contributed by atoms with van der Waals surface area (Å²) in [7, 11) is 1.57. The molecule has 0 saturated heterocycles. The molecule has 1 unspecified atom stereocenters. The molecule has 2 N–H and O–H groups in total. The Morgan fingerprint density at radius 1 is 1.18 bits per heavy atom. The molecule has 22 heavy (non-hydrogen) atoms. The molecule has 2 atom stereocenters. The fraction of sp³-hybridized carbons (Fsp3) is 0.562. The summed E-state index contributed by atoms with van der Waals surface area (Å²) in [6.07, 6.45) is -3.14. The van der Waals surface area contributed by atoms with E-state index in [1.807, 2.05) is 0 Å². The fourth-order valence-electron chi connectivity index (χ4n) is 1.67. The molecule has 1 aromatic carbocycles. The van der Waals surface area contributed by atoms with Crippen LogP contribution in [0.3, 0.4) is 0 Å². The van der Waals surface area contributed by atoms with Gasteiger partial charge in [-0.05, 0) is 38.5 Å². The minimum Gasteiger partial charge on any atom is -0.497 e. The summed E-state index contributed by atoms with van der Waals surface area (Å²) in [4.78, 5) is 11.6. The van der Waals surface area contributed by atoms with Gasteiger partial charge >= 0.3 is 5.97 Å². The van der Waals surface area contributed by atoms with E-state index < -0.39 is 24.0 Å². The highest BCUT2D eigenvalue weighted by Gasteiger charge is 2.24. The minimum atomic E-state index is -1.46. The van der Waals surface area contributed by atoms with Crippen LogP contribution in [0, 0.1) is 0 Å². The summed E-state index contributed by atoms with van der Waals surface area (Å²) in [6, 6.07) is 7.10. The van der Waals surface area contributed by atoms with Crippen molar-refractivity contribution in [3.8, 4) is 5.75 Å². The Balaban J connectivity index is 2.40. The second-order valence-corrected chi connectivity index (χ2v) is 5.91. The Hall–Kier alpha value is -1.63. The molecule has 0 spiro atoms. The van der Waals surface area contributed by atoms with E-state index in [4.69, 9.17) is 14.2 Å². The van der Waals surface area contributed by atoms with E-state index in [1.165, 1.54) is 0 Å². The highest BCUT2D eigenvalue weighted by atomic mass is 16.6. The van der Waals surface area contributed by atoms with Crippen molar-refractivity contribution in [2.45, 2.75) is 51.8 Å². The van der Waals surface area contributed by atoms with Crippen molar-refractivity contribution in [1.29, 1.82) is 0 Å². The molecule has 0 amide bonds. The van der Waals surface area contributed by atoms with Gasteiger partial charge in [0.15, 0.2) is 6.29 Å². The molecular weight excluding hydrogens is 288 g/mol. The number of esters is 1. The van der Waals surface area contributed by atoms with Crippen LogP contribution in [0.15, 0.2) is 24.3 Å². The topological polar surface area (TPSA) is 85.2 Å². The van der Waals surface area contributed by atoms with E-state index in [2.05, 4.69) is 0 Å². The Kier molecular flexibility index (Phi) is 6.80. The van der Waals surface area contributed by atoms with Crippen LogP contribution in [-0.2, 0) is 20.9 Å². The van der Waals surface area contributed by atoms with E-state index in [1.54, 1.807) is 52.1 Å². The Labute approximate surface area is 130 Å². The molecular formula is C16H24O6. The van der Waals surface area contributed by atoms with Crippen LogP contribution in [0.4, 0.5) is 0 Å². The second-order valence-electron chi connectivity index (χ2n) is 5.91. The molecule has 0 saturated carbocycles. The molecule has 0 heterocycles. The number of carbonyl (C=O) groups is 1. The van der Waals surface area contributed by atoms with Crippen LogP contribution in [-0.4, -0.2) is 41.3 Å². The molecule has 0 fully saturated rings. The highest BCUT2D eigenvalue weighted by Crippen LogP contribution is 2.14. The van der Waals surface area contributed by atoms with Crippen molar-refractivity contribution >= 4 is 5.97 Å². The van der Waals surface area contributed by atoms with Gasteiger partial charge in [-0.2, -0.15) is 0 Å². The molecule has 0 aromatic heterocycles. The maximum absolute atomic E-state index is 11.6. The van der Waals surface area contributed by atoms with Crippen molar-refractivity contribution in [2.75, 3.05) is 7.11 Å². The summed E-state index contributed by atoms with van der Waals surface area (Å²) < 4.78 is 15.3. The second kappa shape index (κ2) is 8.12. The predicted octanol–water partition coefficient (Wildman–Crippen LogP) is 1.62. The first-order valence-electron chi connectivity index (χ1n) is 7.04. The Morgan fingerprint density at radius 2 is 1.77 bits per heavy atom. The van der Waals surface area contributed by atoms with E-state index in [-0.39, 0.29) is 13.0 Å². The van der Waals surface area contributed by atoms with E-state index in [0.29, 0.717) is 5.75 Å². The van der Waals surface area contributed by atoms with Gasteiger partial charge in [0.1, 0.15) is 17.5 Å². The maximum atomic E-state index is 11.6. The zero-order valence-corrected chi connectivity index (χ0v) is 13.4. The van der Waals surface area contributed by atoms with Gasteiger partial charge in [0.05, 0.1) is 20.1 Å². The number of aliphatic hydroxyl groups excluding tert-OH is 2. The maximum Gasteiger partial charge on any atom is 0.309 e. The van der Waals surface area contributed by atoms with E-state index in [0.717, 1.165) is 5.56 Å². The molecule has 0 aliphatic carbocycles. The number of methoxy groups -OCH3 is 1. The van der Waals surface area contributed by atoms with Crippen molar-refractivity contribution in [2.24, 2.45) is 0 Å². The molecule has 0 aliphatic heterocycles. The van der Waals surface area contributed by atoms with Gasteiger partial charge in [-0.1, -0.05) is 12.1 Å². The third-order valence-electron chi connectivity index (χ3n) is 2.70. The van der Waals surface area contributed by atoms with Crippen LogP contribution in [0.2, 0.25) is 0 Å². The zero-order chi connectivity index (χ0) is 16.8. The molecule has 0 radical (unpaired) electrons. The predicted molar refractivity (Wildman–Crippen MR) is 80.3 cm³/mol. The molecule has 124 valence electrons. The smallest absolute Gasteiger partial charge is 0.309 e. The summed E-state index contributed by atoms with van der Waals surface area (Å²) in [5.41, 5.74) is 0.176. The van der Waals surface area contributed by atoms with Gasteiger partial charge in [-0.15, -0.1) is 0 Å². The fourth-order valence-corrected chi connectivity index (χ4v) is 1.67. The summed E-state index contributed by atoms with van der Waals surface area (Å²) in [5, 5.41) is 19.5. The first kappa shape index (κ1) is 18.4. The van der Waals surface area contributed by atoms with Gasteiger partial charge in [0.2, 0.25) is 0 Å². The number of aliphatic hydroxyl groups is 2. The lowest BCUT2D eigenvalue weighted by Crippen LogP contribution is -2.33. The zero-order valence-electron chi connectivity index (χ0n) is 13.4. The van der Waals surface area contributed by atoms with Crippen molar-refractivity contribution in [1.82, 2.24) is 0 Å². The van der Waals surface area contributed by atoms with Crippen molar-refractivity contribution in [3.05, 3.63) is 29.8 Å². The number of rotatable bonds is 7. The lowest BCUT2D eigenvalue weighted by atomic mass is 10.2. The number of hydrogen-bond acceptors (Lipinski definition) is 6. The first-order chi connectivity index (χ1) is 10.2. The number of carbonyl (C=O) groups excluding carboxylic acids is 1. The van der Waals surface area contributed by atoms with Gasteiger partial charge in [0.25, 0.3) is 0 Å². The van der Waals surface area contributed by atoms with Crippen LogP contribution >= 0.6 is 0 Å². The standard InChI is InChI=1S/C16H24O6/c1-16(2,3)22-14(18)9-13(17)15(19)21-10-11-5-7-12(20-4)8-6-11/h5-8,13,15,17,19H,9-10H2,1-4H3/t13-,15?/m0/s1. The Morgan fingerprint density at radius 3 is 2.27 bits per heavy atom. The lowest BCUT2D eigenvalue weighted by Gasteiger charge is -2.22. The van der Waals surface area contributed by atoms with Crippen LogP contribution in [0.25, 0.3) is 0 Å². The normalized spacial score (nSPS) is 14.3. The summed E-state index contributed by atoms with van der Waals surface area (Å²) in [5.74, 6) is 0.126. The average molecular weight is 312 g/mol. The average Bonchev–Trinajstić information content (AvgIpc) is 2.43. The van der Waals surface area contributed by atoms with Gasteiger partial charge in [0, 0.05) is 0 Å². The van der Waals surface area contributed by atoms with Crippen LogP contribution in [0.5, 0.6) is 5.75 Å². The van der Waals surface area contributed by atoms with Crippen molar-refractivity contribution in [3.63, 3.8) is 0 Å². The monoisotopic (exact) mass is 312 g/mol.